The number of carbonyl (C=O) groups excluding carboxylic acids is 2. The van der Waals surface area contributed by atoms with Crippen LogP contribution in [0.25, 0.3) is 17.0 Å². The van der Waals surface area contributed by atoms with Crippen LogP contribution in [0.15, 0.2) is 64.6 Å². The molecule has 2 amide bonds. The molecule has 2 aliphatic rings. The number of carboxylic acid groups (broad SMARTS) is 1. The Morgan fingerprint density at radius 3 is 2.55 bits per heavy atom. The van der Waals surface area contributed by atoms with E-state index in [2.05, 4.69) is 32.6 Å². The second-order valence-electron chi connectivity index (χ2n) is 9.46. The SMILES string of the molecule is CN1CCC(NC(=O)c2ccc(Cl)c(NC3=NC(=O)C(=Cc4ccc5ncccc5c4)S3)c2)CC1.O=C(O)C(F)(F)F. The number of hydrogen-bond donors (Lipinski definition) is 3. The van der Waals surface area contributed by atoms with Gasteiger partial charge in [0.25, 0.3) is 11.8 Å². The zero-order valence-corrected chi connectivity index (χ0v) is 23.7. The van der Waals surface area contributed by atoms with Gasteiger partial charge in [-0.3, -0.25) is 14.6 Å². The number of nitrogens with one attached hydrogen (secondary N) is 2. The number of piperidine rings is 1. The first-order valence-corrected chi connectivity index (χ1v) is 13.8. The molecule has 0 spiro atoms. The fourth-order valence-electron chi connectivity index (χ4n) is 4.10. The van der Waals surface area contributed by atoms with Gasteiger partial charge in [-0.05, 0) is 92.8 Å². The number of aromatic nitrogens is 1. The van der Waals surface area contributed by atoms with Crippen molar-refractivity contribution in [2.45, 2.75) is 25.1 Å². The lowest BCUT2D eigenvalue weighted by molar-refractivity contribution is -0.192. The number of carboxylic acids is 1. The molecule has 0 atom stereocenters. The third-order valence-corrected chi connectivity index (χ3v) is 7.54. The summed E-state index contributed by atoms with van der Waals surface area (Å²) in [6.45, 7) is 1.94. The number of amidine groups is 1. The van der Waals surface area contributed by atoms with Gasteiger partial charge in [0, 0.05) is 23.2 Å². The van der Waals surface area contributed by atoms with Crippen LogP contribution in [0.2, 0.25) is 5.02 Å². The Kier molecular flexibility index (Phi) is 9.86. The summed E-state index contributed by atoms with van der Waals surface area (Å²) < 4.78 is 31.7. The third kappa shape index (κ3) is 8.30. The Morgan fingerprint density at radius 2 is 1.86 bits per heavy atom. The van der Waals surface area contributed by atoms with Crippen molar-refractivity contribution >= 4 is 69.0 Å². The Morgan fingerprint density at radius 1 is 1.14 bits per heavy atom. The van der Waals surface area contributed by atoms with Crippen LogP contribution in [0.3, 0.4) is 0 Å². The van der Waals surface area contributed by atoms with E-state index in [-0.39, 0.29) is 17.9 Å². The van der Waals surface area contributed by atoms with Crippen molar-refractivity contribution in [1.82, 2.24) is 15.2 Å². The lowest BCUT2D eigenvalue weighted by Crippen LogP contribution is -2.43. The molecule has 3 N–H and O–H groups in total. The molecule has 220 valence electrons. The standard InChI is InChI=1S/C26H24ClN5O2S.C2HF3O2/c1-32-11-8-19(9-12-32)29-24(33)18-5-6-20(27)22(15-18)30-26-31-25(34)23(35-26)14-16-4-7-21-17(13-16)3-2-10-28-21;3-2(4,5)1(6)7/h2-7,10,13-15,19H,8-9,11-12H2,1H3,(H,29,33)(H,30,31,34);(H,6,7). The summed E-state index contributed by atoms with van der Waals surface area (Å²) in [6, 6.07) is 14.9. The molecule has 2 aromatic carbocycles. The molecule has 1 fully saturated rings. The van der Waals surface area contributed by atoms with E-state index in [0.717, 1.165) is 42.4 Å². The highest BCUT2D eigenvalue weighted by atomic mass is 35.5. The van der Waals surface area contributed by atoms with Crippen LogP contribution in [0.5, 0.6) is 0 Å². The highest BCUT2D eigenvalue weighted by Gasteiger charge is 2.38. The van der Waals surface area contributed by atoms with Gasteiger partial charge < -0.3 is 20.6 Å². The second kappa shape index (κ2) is 13.4. The number of carbonyl (C=O) groups is 3. The maximum atomic E-state index is 12.8. The smallest absolute Gasteiger partial charge is 0.475 e. The van der Waals surface area contributed by atoms with Crippen LogP contribution in [0.1, 0.15) is 28.8 Å². The lowest BCUT2D eigenvalue weighted by Gasteiger charge is -2.29. The van der Waals surface area contributed by atoms with Gasteiger partial charge in [0.05, 0.1) is 21.1 Å². The van der Waals surface area contributed by atoms with Gasteiger partial charge in [-0.25, -0.2) is 4.79 Å². The summed E-state index contributed by atoms with van der Waals surface area (Å²) in [5, 5.41) is 15.2. The number of likely N-dealkylation sites (tertiary alicyclic amines) is 1. The van der Waals surface area contributed by atoms with E-state index in [4.69, 9.17) is 21.5 Å². The zero-order valence-electron chi connectivity index (χ0n) is 22.1. The zero-order chi connectivity index (χ0) is 30.4. The van der Waals surface area contributed by atoms with Gasteiger partial charge in [-0.2, -0.15) is 18.2 Å². The average Bonchev–Trinajstić information content (AvgIpc) is 3.28. The van der Waals surface area contributed by atoms with Crippen LogP contribution < -0.4 is 10.6 Å². The van der Waals surface area contributed by atoms with Gasteiger partial charge in [0.1, 0.15) is 0 Å². The molecule has 2 aliphatic heterocycles. The van der Waals surface area contributed by atoms with E-state index in [9.17, 15) is 22.8 Å². The monoisotopic (exact) mass is 619 g/mol. The average molecular weight is 620 g/mol. The Hall–Kier alpha value is -3.94. The van der Waals surface area contributed by atoms with E-state index in [0.29, 0.717) is 26.3 Å². The van der Waals surface area contributed by atoms with E-state index >= 15 is 0 Å². The Bertz CT molecular complexity index is 1570. The molecule has 42 heavy (non-hydrogen) atoms. The number of alkyl halides is 3. The number of benzene rings is 2. The first kappa shape index (κ1) is 31.0. The molecule has 0 radical (unpaired) electrons. The highest BCUT2D eigenvalue weighted by Crippen LogP contribution is 2.32. The molecule has 1 aromatic heterocycles. The van der Waals surface area contributed by atoms with Gasteiger partial charge in [0.15, 0.2) is 5.17 Å². The lowest BCUT2D eigenvalue weighted by atomic mass is 10.0. The summed E-state index contributed by atoms with van der Waals surface area (Å²) in [7, 11) is 2.09. The number of rotatable bonds is 4. The van der Waals surface area contributed by atoms with Crippen LogP contribution in [0.4, 0.5) is 18.9 Å². The molecule has 3 aromatic rings. The molecule has 3 heterocycles. The van der Waals surface area contributed by atoms with Crippen LogP contribution in [-0.2, 0) is 9.59 Å². The molecule has 9 nitrogen and oxygen atoms in total. The normalized spacial score (nSPS) is 17.0. The van der Waals surface area contributed by atoms with E-state index in [1.165, 1.54) is 11.8 Å². The second-order valence-corrected chi connectivity index (χ2v) is 10.9. The minimum absolute atomic E-state index is 0.136. The third-order valence-electron chi connectivity index (χ3n) is 6.31. The van der Waals surface area contributed by atoms with E-state index < -0.39 is 12.1 Å². The minimum atomic E-state index is -5.08. The number of halogens is 4. The molecule has 5 rings (SSSR count). The summed E-state index contributed by atoms with van der Waals surface area (Å²) in [5.74, 6) is -3.22. The van der Waals surface area contributed by atoms with Crippen LogP contribution >= 0.6 is 23.4 Å². The van der Waals surface area contributed by atoms with Crippen LogP contribution in [-0.4, -0.2) is 70.3 Å². The van der Waals surface area contributed by atoms with E-state index in [1.54, 1.807) is 24.4 Å². The maximum absolute atomic E-state index is 12.8. The van der Waals surface area contributed by atoms with Crippen molar-refractivity contribution < 1.29 is 32.7 Å². The molecule has 0 bridgehead atoms. The topological polar surface area (TPSA) is 124 Å². The minimum Gasteiger partial charge on any atom is -0.475 e. The van der Waals surface area contributed by atoms with Gasteiger partial charge in [0.2, 0.25) is 0 Å². The number of aliphatic imine (C=N–C) groups is 1. The maximum Gasteiger partial charge on any atom is 0.490 e. The fraction of sp³-hybridized carbons (Fsp3) is 0.250. The number of fused-ring (bicyclic) bond motifs is 1. The molecule has 1 saturated heterocycles. The van der Waals surface area contributed by atoms with Gasteiger partial charge in [-0.15, -0.1) is 0 Å². The van der Waals surface area contributed by atoms with Gasteiger partial charge in [-0.1, -0.05) is 23.7 Å². The van der Waals surface area contributed by atoms with Crippen molar-refractivity contribution in [1.29, 1.82) is 0 Å². The number of thioether (sulfide) groups is 1. The molecule has 14 heteroatoms. The summed E-state index contributed by atoms with van der Waals surface area (Å²) >= 11 is 7.61. The number of hydrogen-bond acceptors (Lipinski definition) is 7. The predicted octanol–water partition coefficient (Wildman–Crippen LogP) is 5.43. The number of amides is 2. The number of aliphatic carboxylic acids is 1. The van der Waals surface area contributed by atoms with Crippen molar-refractivity contribution in [2.75, 3.05) is 25.5 Å². The number of anilines is 1. The highest BCUT2D eigenvalue weighted by molar-refractivity contribution is 8.18. The quantitative estimate of drug-likeness (QED) is 0.331. The first-order valence-electron chi connectivity index (χ1n) is 12.6. The van der Waals surface area contributed by atoms with Crippen LogP contribution in [0, 0.1) is 0 Å². The molecular formula is C28H25ClF3N5O4S. The Labute approximate surface area is 247 Å². The Balaban J connectivity index is 0.000000517. The van der Waals surface area contributed by atoms with Crippen molar-refractivity contribution in [3.8, 4) is 0 Å². The van der Waals surface area contributed by atoms with Gasteiger partial charge >= 0.3 is 12.1 Å². The molecular weight excluding hydrogens is 595 g/mol. The molecule has 0 saturated carbocycles. The molecule has 0 aliphatic carbocycles. The van der Waals surface area contributed by atoms with E-state index in [1.807, 2.05) is 36.4 Å². The summed E-state index contributed by atoms with van der Waals surface area (Å²) in [5.41, 5.74) is 2.82. The molecule has 0 unspecified atom stereocenters. The summed E-state index contributed by atoms with van der Waals surface area (Å²) in [6.07, 6.45) is 0.338. The van der Waals surface area contributed by atoms with Crippen molar-refractivity contribution in [3.05, 3.63) is 75.8 Å². The first-order chi connectivity index (χ1) is 19.9. The number of nitrogens with zero attached hydrogens (tertiary/aromatic N) is 3. The number of pyridine rings is 1. The summed E-state index contributed by atoms with van der Waals surface area (Å²) in [4.78, 5) is 45.4. The van der Waals surface area contributed by atoms with Crippen molar-refractivity contribution in [2.24, 2.45) is 4.99 Å². The fourth-order valence-corrected chi connectivity index (χ4v) is 5.09. The predicted molar refractivity (Wildman–Crippen MR) is 157 cm³/mol. The van der Waals surface area contributed by atoms with Crippen molar-refractivity contribution in [3.63, 3.8) is 0 Å². The largest absolute Gasteiger partial charge is 0.490 e.